The van der Waals surface area contributed by atoms with Crippen LogP contribution in [0.3, 0.4) is 0 Å². The zero-order valence-electron chi connectivity index (χ0n) is 17.1. The zero-order valence-corrected chi connectivity index (χ0v) is 19.5. The molecule has 9 heteroatoms. The molecule has 0 N–H and O–H groups in total. The molecule has 0 saturated carbocycles. The SMILES string of the molecule is CCOC(=O)c1ccc(N=C2SC(=Cc3cc(Cl)c(OCC)c(Cl)c3)C(=O)N2C)cc1. The highest BCUT2D eigenvalue weighted by Gasteiger charge is 2.30. The number of rotatable bonds is 6. The summed E-state index contributed by atoms with van der Waals surface area (Å²) in [5.41, 5.74) is 1.74. The molecule has 2 aromatic carbocycles. The lowest BCUT2D eigenvalue weighted by atomic mass is 10.2. The Morgan fingerprint density at radius 1 is 1.13 bits per heavy atom. The number of ether oxygens (including phenoxy) is 2. The molecule has 0 unspecified atom stereocenters. The lowest BCUT2D eigenvalue weighted by Crippen LogP contribution is -2.23. The number of thioether (sulfide) groups is 1. The van der Waals surface area contributed by atoms with Gasteiger partial charge in [0.25, 0.3) is 5.91 Å². The van der Waals surface area contributed by atoms with E-state index in [0.717, 1.165) is 0 Å². The topological polar surface area (TPSA) is 68.2 Å². The second kappa shape index (κ2) is 10.2. The standard InChI is InChI=1S/C22H20Cl2N2O4S/c1-4-29-19-16(23)10-13(11-17(19)24)12-18-20(27)26(3)22(31-18)25-15-8-6-14(7-9-15)21(28)30-5-2/h6-12H,4-5H2,1-3H3. The molecule has 0 spiro atoms. The smallest absolute Gasteiger partial charge is 0.338 e. The summed E-state index contributed by atoms with van der Waals surface area (Å²) in [4.78, 5) is 30.9. The zero-order chi connectivity index (χ0) is 22.5. The van der Waals surface area contributed by atoms with Crippen molar-refractivity contribution >= 4 is 63.8 Å². The number of hydrogen-bond acceptors (Lipinski definition) is 6. The van der Waals surface area contributed by atoms with Crippen LogP contribution in [0.15, 0.2) is 46.3 Å². The Labute approximate surface area is 194 Å². The van der Waals surface area contributed by atoms with Gasteiger partial charge in [0.15, 0.2) is 10.9 Å². The van der Waals surface area contributed by atoms with Crippen LogP contribution in [0.5, 0.6) is 5.75 Å². The summed E-state index contributed by atoms with van der Waals surface area (Å²) in [5.74, 6) is -0.154. The Hall–Kier alpha value is -2.48. The molecule has 1 aliphatic rings. The van der Waals surface area contributed by atoms with Gasteiger partial charge in [0.05, 0.1) is 39.4 Å². The third-order valence-electron chi connectivity index (χ3n) is 4.21. The number of amides is 1. The molecule has 1 aliphatic heterocycles. The lowest BCUT2D eigenvalue weighted by molar-refractivity contribution is -0.121. The Bertz CT molecular complexity index is 1040. The van der Waals surface area contributed by atoms with Gasteiger partial charge in [0, 0.05) is 7.05 Å². The van der Waals surface area contributed by atoms with E-state index in [2.05, 4.69) is 4.99 Å². The third-order valence-corrected chi connectivity index (χ3v) is 5.84. The molecule has 1 amide bonds. The number of nitrogens with zero attached hydrogens (tertiary/aromatic N) is 2. The summed E-state index contributed by atoms with van der Waals surface area (Å²) in [5, 5.41) is 1.27. The highest BCUT2D eigenvalue weighted by atomic mass is 35.5. The van der Waals surface area contributed by atoms with Crippen molar-refractivity contribution in [3.8, 4) is 5.75 Å². The van der Waals surface area contributed by atoms with Gasteiger partial charge in [-0.05, 0) is 73.6 Å². The van der Waals surface area contributed by atoms with Crippen molar-refractivity contribution in [1.29, 1.82) is 0 Å². The van der Waals surface area contributed by atoms with Gasteiger partial charge in [0.2, 0.25) is 0 Å². The molecule has 0 aromatic heterocycles. The minimum absolute atomic E-state index is 0.187. The van der Waals surface area contributed by atoms with E-state index in [4.69, 9.17) is 32.7 Å². The second-order valence-electron chi connectivity index (χ2n) is 6.38. The van der Waals surface area contributed by atoms with E-state index < -0.39 is 0 Å². The van der Waals surface area contributed by atoms with Crippen molar-refractivity contribution in [2.45, 2.75) is 13.8 Å². The summed E-state index contributed by atoms with van der Waals surface area (Å²) in [6.07, 6.45) is 1.71. The van der Waals surface area contributed by atoms with Crippen LogP contribution in [0.4, 0.5) is 5.69 Å². The molecule has 1 saturated heterocycles. The Kier molecular flexibility index (Phi) is 7.64. The normalized spacial score (nSPS) is 16.3. The van der Waals surface area contributed by atoms with Crippen LogP contribution in [-0.4, -0.2) is 42.2 Å². The number of carbonyl (C=O) groups is 2. The molecule has 0 atom stereocenters. The molecule has 2 aromatic rings. The Morgan fingerprint density at radius 3 is 2.35 bits per heavy atom. The van der Waals surface area contributed by atoms with Crippen LogP contribution < -0.4 is 4.74 Å². The molecule has 0 radical (unpaired) electrons. The average molecular weight is 479 g/mol. The largest absolute Gasteiger partial charge is 0.491 e. The summed E-state index contributed by atoms with van der Waals surface area (Å²) < 4.78 is 10.4. The first-order chi connectivity index (χ1) is 14.8. The van der Waals surface area contributed by atoms with Crippen LogP contribution >= 0.6 is 35.0 Å². The molecule has 1 fully saturated rings. The fourth-order valence-electron chi connectivity index (χ4n) is 2.74. The van der Waals surface area contributed by atoms with E-state index in [1.807, 2.05) is 6.92 Å². The van der Waals surface area contributed by atoms with Crippen molar-refractivity contribution in [1.82, 2.24) is 4.90 Å². The molecule has 162 valence electrons. The van der Waals surface area contributed by atoms with Crippen LogP contribution in [0.1, 0.15) is 29.8 Å². The van der Waals surface area contributed by atoms with Gasteiger partial charge in [0.1, 0.15) is 0 Å². The van der Waals surface area contributed by atoms with E-state index in [9.17, 15) is 9.59 Å². The average Bonchev–Trinajstić information content (AvgIpc) is 2.99. The van der Waals surface area contributed by atoms with Gasteiger partial charge in [-0.1, -0.05) is 23.2 Å². The van der Waals surface area contributed by atoms with Crippen molar-refractivity contribution < 1.29 is 19.1 Å². The molecule has 6 nitrogen and oxygen atoms in total. The van der Waals surface area contributed by atoms with Crippen molar-refractivity contribution in [2.75, 3.05) is 20.3 Å². The third kappa shape index (κ3) is 5.42. The number of halogens is 2. The van der Waals surface area contributed by atoms with Gasteiger partial charge in [-0.25, -0.2) is 9.79 Å². The van der Waals surface area contributed by atoms with E-state index in [1.54, 1.807) is 56.4 Å². The molecular formula is C22H20Cl2N2O4S. The maximum Gasteiger partial charge on any atom is 0.338 e. The van der Waals surface area contributed by atoms with Gasteiger partial charge in [-0.3, -0.25) is 9.69 Å². The maximum atomic E-state index is 12.7. The number of esters is 1. The second-order valence-corrected chi connectivity index (χ2v) is 8.21. The first kappa shape index (κ1) is 23.2. The summed E-state index contributed by atoms with van der Waals surface area (Å²) in [7, 11) is 1.65. The minimum atomic E-state index is -0.387. The molecule has 31 heavy (non-hydrogen) atoms. The Balaban J connectivity index is 1.83. The summed E-state index contributed by atoms with van der Waals surface area (Å²) in [6, 6.07) is 10.1. The summed E-state index contributed by atoms with van der Waals surface area (Å²) in [6.45, 7) is 4.35. The molecule has 1 heterocycles. The number of likely N-dealkylation sites (N-methyl/N-ethyl adjacent to an activating group) is 1. The van der Waals surface area contributed by atoms with Gasteiger partial charge < -0.3 is 9.47 Å². The van der Waals surface area contributed by atoms with E-state index >= 15 is 0 Å². The highest BCUT2D eigenvalue weighted by molar-refractivity contribution is 8.18. The molecule has 0 bridgehead atoms. The predicted molar refractivity (Wildman–Crippen MR) is 125 cm³/mol. The van der Waals surface area contributed by atoms with Crippen LogP contribution in [0, 0.1) is 0 Å². The fraction of sp³-hybridized carbons (Fsp3) is 0.227. The lowest BCUT2D eigenvalue weighted by Gasteiger charge is -2.09. The first-order valence-corrected chi connectivity index (χ1v) is 11.1. The minimum Gasteiger partial charge on any atom is -0.491 e. The van der Waals surface area contributed by atoms with Crippen LogP contribution in [0.2, 0.25) is 10.0 Å². The monoisotopic (exact) mass is 478 g/mol. The van der Waals surface area contributed by atoms with Crippen LogP contribution in [0.25, 0.3) is 6.08 Å². The molecular weight excluding hydrogens is 459 g/mol. The summed E-state index contributed by atoms with van der Waals surface area (Å²) >= 11 is 13.8. The maximum absolute atomic E-state index is 12.7. The van der Waals surface area contributed by atoms with Crippen molar-refractivity contribution in [3.05, 3.63) is 62.5 Å². The van der Waals surface area contributed by atoms with E-state index in [1.165, 1.54) is 16.7 Å². The van der Waals surface area contributed by atoms with E-state index in [0.29, 0.717) is 55.9 Å². The number of amidine groups is 1. The Morgan fingerprint density at radius 2 is 1.77 bits per heavy atom. The van der Waals surface area contributed by atoms with Gasteiger partial charge >= 0.3 is 5.97 Å². The van der Waals surface area contributed by atoms with Crippen molar-refractivity contribution in [2.24, 2.45) is 4.99 Å². The molecule has 0 aliphatic carbocycles. The number of aliphatic imine (C=N–C) groups is 1. The molecule has 3 rings (SSSR count). The first-order valence-electron chi connectivity index (χ1n) is 9.49. The number of hydrogen-bond donors (Lipinski definition) is 0. The quantitative estimate of drug-likeness (QED) is 0.387. The van der Waals surface area contributed by atoms with Crippen LogP contribution in [-0.2, 0) is 9.53 Å². The van der Waals surface area contributed by atoms with E-state index in [-0.39, 0.29) is 11.9 Å². The number of benzene rings is 2. The fourth-order valence-corrected chi connectivity index (χ4v) is 4.34. The van der Waals surface area contributed by atoms with Gasteiger partial charge in [-0.2, -0.15) is 0 Å². The number of carbonyl (C=O) groups excluding carboxylic acids is 2. The predicted octanol–water partition coefficient (Wildman–Crippen LogP) is 5.80. The van der Waals surface area contributed by atoms with Gasteiger partial charge in [-0.15, -0.1) is 0 Å². The van der Waals surface area contributed by atoms with Crippen molar-refractivity contribution in [3.63, 3.8) is 0 Å². The highest BCUT2D eigenvalue weighted by Crippen LogP contribution is 2.37.